The molecule has 0 spiro atoms. The third kappa shape index (κ3) is 3.67. The number of nitrogens with zero attached hydrogens (tertiary/aromatic N) is 2. The van der Waals surface area contributed by atoms with Crippen LogP contribution >= 0.6 is 0 Å². The van der Waals surface area contributed by atoms with Crippen LogP contribution in [0, 0.1) is 6.92 Å². The fraction of sp³-hybridized carbons (Fsp3) is 0.474. The Kier molecular flexibility index (Phi) is 5.46. The first kappa shape index (κ1) is 18.3. The molecule has 1 aliphatic heterocycles. The van der Waals surface area contributed by atoms with E-state index in [0.717, 1.165) is 18.8 Å². The number of morpholine rings is 1. The summed E-state index contributed by atoms with van der Waals surface area (Å²) in [5, 5.41) is 6.90. The molecule has 26 heavy (non-hydrogen) atoms. The Morgan fingerprint density at radius 1 is 1.31 bits per heavy atom. The van der Waals surface area contributed by atoms with Gasteiger partial charge in [0.05, 0.1) is 31.7 Å². The molecule has 0 unspecified atom stereocenters. The highest BCUT2D eigenvalue weighted by molar-refractivity contribution is 6.06. The molecule has 140 valence electrons. The van der Waals surface area contributed by atoms with Gasteiger partial charge in [-0.2, -0.15) is 0 Å². The number of rotatable bonds is 5. The molecule has 0 radical (unpaired) electrons. The highest BCUT2D eigenvalue weighted by Gasteiger charge is 2.24. The van der Waals surface area contributed by atoms with Crippen molar-refractivity contribution < 1.29 is 18.8 Å². The van der Waals surface area contributed by atoms with Gasteiger partial charge in [-0.3, -0.25) is 4.79 Å². The Morgan fingerprint density at radius 2 is 2.04 bits per heavy atom. The van der Waals surface area contributed by atoms with Gasteiger partial charge in [0, 0.05) is 24.7 Å². The minimum Gasteiger partial charge on any atom is -0.495 e. The molecule has 3 rings (SSSR count). The number of anilines is 2. The maximum absolute atomic E-state index is 12.9. The molecule has 7 nitrogen and oxygen atoms in total. The number of nitrogens with one attached hydrogen (secondary N) is 1. The summed E-state index contributed by atoms with van der Waals surface area (Å²) in [5.41, 5.74) is 2.71. The molecule has 7 heteroatoms. The van der Waals surface area contributed by atoms with Crippen molar-refractivity contribution >= 4 is 17.3 Å². The Labute approximate surface area is 153 Å². The van der Waals surface area contributed by atoms with Gasteiger partial charge in [-0.15, -0.1) is 0 Å². The van der Waals surface area contributed by atoms with Crippen LogP contribution in [0.5, 0.6) is 5.75 Å². The quantitative estimate of drug-likeness (QED) is 0.883. The first-order valence-electron chi connectivity index (χ1n) is 8.79. The Bertz CT molecular complexity index is 779. The van der Waals surface area contributed by atoms with E-state index in [4.69, 9.17) is 14.0 Å². The van der Waals surface area contributed by atoms with Crippen LogP contribution in [0.1, 0.15) is 41.6 Å². The van der Waals surface area contributed by atoms with E-state index in [1.807, 2.05) is 32.0 Å². The van der Waals surface area contributed by atoms with Crippen molar-refractivity contribution in [2.75, 3.05) is 43.6 Å². The zero-order valence-corrected chi connectivity index (χ0v) is 15.7. The Hall–Kier alpha value is -2.54. The lowest BCUT2D eigenvalue weighted by molar-refractivity contribution is 0.102. The summed E-state index contributed by atoms with van der Waals surface area (Å²) in [6.07, 6.45) is 0. The van der Waals surface area contributed by atoms with Gasteiger partial charge in [-0.05, 0) is 25.1 Å². The summed E-state index contributed by atoms with van der Waals surface area (Å²) in [7, 11) is 1.59. The normalized spacial score (nSPS) is 14.6. The molecular weight excluding hydrogens is 334 g/mol. The molecule has 0 atom stereocenters. The molecule has 2 heterocycles. The standard InChI is InChI=1S/C19H25N3O4/c1-12(2)18-17(13(3)21-26-18)19(23)20-15-11-14(5-6-16(15)24-4)22-7-9-25-10-8-22/h5-6,11-12H,7-10H2,1-4H3,(H,20,23). The Morgan fingerprint density at radius 3 is 2.69 bits per heavy atom. The lowest BCUT2D eigenvalue weighted by atomic mass is 10.0. The van der Waals surface area contributed by atoms with Gasteiger partial charge >= 0.3 is 0 Å². The molecule has 1 saturated heterocycles. The minimum absolute atomic E-state index is 0.0681. The molecule has 1 aromatic carbocycles. The molecule has 0 bridgehead atoms. The van der Waals surface area contributed by atoms with E-state index in [9.17, 15) is 4.79 Å². The van der Waals surface area contributed by atoms with E-state index in [0.29, 0.717) is 41.7 Å². The van der Waals surface area contributed by atoms with Crippen molar-refractivity contribution in [3.05, 3.63) is 35.2 Å². The monoisotopic (exact) mass is 359 g/mol. The molecule has 1 fully saturated rings. The van der Waals surface area contributed by atoms with Gasteiger partial charge in [-0.1, -0.05) is 19.0 Å². The van der Waals surface area contributed by atoms with Crippen LogP contribution in [-0.2, 0) is 4.74 Å². The van der Waals surface area contributed by atoms with Gasteiger partial charge < -0.3 is 24.2 Å². The van der Waals surface area contributed by atoms with E-state index in [2.05, 4.69) is 15.4 Å². The molecule has 1 aliphatic rings. The summed E-state index contributed by atoms with van der Waals surface area (Å²) >= 11 is 0. The summed E-state index contributed by atoms with van der Waals surface area (Å²) in [4.78, 5) is 15.1. The van der Waals surface area contributed by atoms with Crippen molar-refractivity contribution in [2.24, 2.45) is 0 Å². The number of carbonyl (C=O) groups is 1. The van der Waals surface area contributed by atoms with Crippen LogP contribution in [0.25, 0.3) is 0 Å². The fourth-order valence-corrected chi connectivity index (χ4v) is 3.05. The lowest BCUT2D eigenvalue weighted by Gasteiger charge is -2.29. The molecule has 0 aliphatic carbocycles. The van der Waals surface area contributed by atoms with E-state index in [-0.39, 0.29) is 11.8 Å². The van der Waals surface area contributed by atoms with Crippen LogP contribution in [-0.4, -0.2) is 44.5 Å². The summed E-state index contributed by atoms with van der Waals surface area (Å²) in [5.74, 6) is 1.02. The molecule has 2 aromatic rings. The highest BCUT2D eigenvalue weighted by Crippen LogP contribution is 2.31. The van der Waals surface area contributed by atoms with Gasteiger partial charge in [0.2, 0.25) is 0 Å². The zero-order valence-electron chi connectivity index (χ0n) is 15.7. The molecule has 1 N–H and O–H groups in total. The van der Waals surface area contributed by atoms with E-state index < -0.39 is 0 Å². The predicted molar refractivity (Wildman–Crippen MR) is 99.3 cm³/mol. The smallest absolute Gasteiger partial charge is 0.261 e. The van der Waals surface area contributed by atoms with Gasteiger partial charge in [-0.25, -0.2) is 0 Å². The van der Waals surface area contributed by atoms with Gasteiger partial charge in [0.15, 0.2) is 5.76 Å². The number of aromatic nitrogens is 1. The van der Waals surface area contributed by atoms with Crippen LogP contribution in [0.3, 0.4) is 0 Å². The number of carbonyl (C=O) groups excluding carboxylic acids is 1. The van der Waals surface area contributed by atoms with E-state index in [1.54, 1.807) is 14.0 Å². The SMILES string of the molecule is COc1ccc(N2CCOCC2)cc1NC(=O)c1c(C)noc1C(C)C. The van der Waals surface area contributed by atoms with Crippen molar-refractivity contribution in [2.45, 2.75) is 26.7 Å². The maximum atomic E-state index is 12.9. The average Bonchev–Trinajstić information content (AvgIpc) is 3.04. The van der Waals surface area contributed by atoms with Gasteiger partial charge in [0.25, 0.3) is 5.91 Å². The predicted octanol–water partition coefficient (Wildman–Crippen LogP) is 3.20. The molecule has 0 saturated carbocycles. The number of benzene rings is 1. The Balaban J connectivity index is 1.88. The third-order valence-corrected chi connectivity index (χ3v) is 4.45. The van der Waals surface area contributed by atoms with Crippen LogP contribution < -0.4 is 15.0 Å². The second-order valence-electron chi connectivity index (χ2n) is 6.60. The first-order valence-corrected chi connectivity index (χ1v) is 8.79. The topological polar surface area (TPSA) is 76.8 Å². The number of hydrogen-bond donors (Lipinski definition) is 1. The van der Waals surface area contributed by atoms with Crippen molar-refractivity contribution in [3.8, 4) is 5.75 Å². The summed E-state index contributed by atoms with van der Waals surface area (Å²) in [6, 6.07) is 5.79. The summed E-state index contributed by atoms with van der Waals surface area (Å²) < 4.78 is 16.1. The van der Waals surface area contributed by atoms with Gasteiger partial charge in [0.1, 0.15) is 11.3 Å². The van der Waals surface area contributed by atoms with Crippen molar-refractivity contribution in [1.82, 2.24) is 5.16 Å². The number of hydrogen-bond acceptors (Lipinski definition) is 6. The average molecular weight is 359 g/mol. The largest absolute Gasteiger partial charge is 0.495 e. The fourth-order valence-electron chi connectivity index (χ4n) is 3.05. The van der Waals surface area contributed by atoms with E-state index in [1.165, 1.54) is 0 Å². The second-order valence-corrected chi connectivity index (χ2v) is 6.60. The zero-order chi connectivity index (χ0) is 18.7. The lowest BCUT2D eigenvalue weighted by Crippen LogP contribution is -2.36. The number of ether oxygens (including phenoxy) is 2. The maximum Gasteiger partial charge on any atom is 0.261 e. The second kappa shape index (κ2) is 7.78. The first-order chi connectivity index (χ1) is 12.5. The summed E-state index contributed by atoms with van der Waals surface area (Å²) in [6.45, 7) is 8.75. The minimum atomic E-state index is -0.245. The van der Waals surface area contributed by atoms with Crippen LogP contribution in [0.2, 0.25) is 0 Å². The van der Waals surface area contributed by atoms with Crippen molar-refractivity contribution in [1.29, 1.82) is 0 Å². The molecular formula is C19H25N3O4. The molecule has 1 aromatic heterocycles. The van der Waals surface area contributed by atoms with Crippen LogP contribution in [0.4, 0.5) is 11.4 Å². The number of amides is 1. The highest BCUT2D eigenvalue weighted by atomic mass is 16.5. The third-order valence-electron chi connectivity index (χ3n) is 4.45. The molecule has 1 amide bonds. The van der Waals surface area contributed by atoms with Crippen molar-refractivity contribution in [3.63, 3.8) is 0 Å². The number of aryl methyl sites for hydroxylation is 1. The van der Waals surface area contributed by atoms with Crippen LogP contribution in [0.15, 0.2) is 22.7 Å². The number of methoxy groups -OCH3 is 1. The van der Waals surface area contributed by atoms with E-state index >= 15 is 0 Å².